The molecule has 1 aromatic rings. The van der Waals surface area contributed by atoms with E-state index in [1.54, 1.807) is 6.92 Å². The Balaban J connectivity index is 2.84. The number of amides is 1. The molecule has 0 aliphatic carbocycles. The van der Waals surface area contributed by atoms with Gasteiger partial charge in [-0.2, -0.15) is 0 Å². The SMILES string of the molecule is CCC(C)(CNC(=O)c1c(O)cccc1F)C(=O)O. The van der Waals surface area contributed by atoms with Gasteiger partial charge in [0.15, 0.2) is 0 Å². The van der Waals surface area contributed by atoms with E-state index >= 15 is 0 Å². The lowest BCUT2D eigenvalue weighted by molar-refractivity contribution is -0.147. The van der Waals surface area contributed by atoms with E-state index in [2.05, 4.69) is 5.32 Å². The van der Waals surface area contributed by atoms with Gasteiger partial charge in [0.25, 0.3) is 5.91 Å². The average molecular weight is 269 g/mol. The van der Waals surface area contributed by atoms with E-state index in [0.717, 1.165) is 6.07 Å². The van der Waals surface area contributed by atoms with Crippen LogP contribution in [0.4, 0.5) is 4.39 Å². The Labute approximate surface area is 110 Å². The maximum Gasteiger partial charge on any atom is 0.311 e. The van der Waals surface area contributed by atoms with Gasteiger partial charge in [0.05, 0.1) is 5.41 Å². The first-order valence-electron chi connectivity index (χ1n) is 5.81. The number of carbonyl (C=O) groups is 2. The number of hydrogen-bond acceptors (Lipinski definition) is 3. The molecule has 0 heterocycles. The summed E-state index contributed by atoms with van der Waals surface area (Å²) in [7, 11) is 0. The first-order valence-corrected chi connectivity index (χ1v) is 5.81. The summed E-state index contributed by atoms with van der Waals surface area (Å²) in [6.45, 7) is 3.02. The number of benzene rings is 1. The summed E-state index contributed by atoms with van der Waals surface area (Å²) in [6, 6.07) is 3.51. The van der Waals surface area contributed by atoms with E-state index in [1.807, 2.05) is 0 Å². The highest BCUT2D eigenvalue weighted by atomic mass is 19.1. The lowest BCUT2D eigenvalue weighted by atomic mass is 9.87. The summed E-state index contributed by atoms with van der Waals surface area (Å²) in [6.07, 6.45) is 0.311. The normalized spacial score (nSPS) is 13.6. The molecular weight excluding hydrogens is 253 g/mol. The molecule has 1 rings (SSSR count). The molecular formula is C13H16FNO4. The summed E-state index contributed by atoms with van der Waals surface area (Å²) < 4.78 is 13.4. The Kier molecular flexibility index (Phi) is 4.47. The van der Waals surface area contributed by atoms with Crippen LogP contribution in [0.15, 0.2) is 18.2 Å². The molecule has 3 N–H and O–H groups in total. The number of carbonyl (C=O) groups excluding carboxylic acids is 1. The van der Waals surface area contributed by atoms with Crippen molar-refractivity contribution in [1.82, 2.24) is 5.32 Å². The van der Waals surface area contributed by atoms with Gasteiger partial charge in [-0.05, 0) is 25.5 Å². The molecule has 0 bridgehead atoms. The van der Waals surface area contributed by atoms with Gasteiger partial charge in [-0.3, -0.25) is 9.59 Å². The monoisotopic (exact) mass is 269 g/mol. The van der Waals surface area contributed by atoms with Crippen LogP contribution in [0, 0.1) is 11.2 Å². The van der Waals surface area contributed by atoms with Crippen molar-refractivity contribution in [2.45, 2.75) is 20.3 Å². The largest absolute Gasteiger partial charge is 0.507 e. The van der Waals surface area contributed by atoms with Crippen LogP contribution in [0.25, 0.3) is 0 Å². The molecule has 1 unspecified atom stereocenters. The summed E-state index contributed by atoms with van der Waals surface area (Å²) in [5, 5.41) is 20.8. The van der Waals surface area contributed by atoms with Crippen molar-refractivity contribution in [1.29, 1.82) is 0 Å². The Morgan fingerprint density at radius 1 is 1.42 bits per heavy atom. The molecule has 19 heavy (non-hydrogen) atoms. The number of aromatic hydroxyl groups is 1. The van der Waals surface area contributed by atoms with Crippen molar-refractivity contribution in [3.63, 3.8) is 0 Å². The first kappa shape index (κ1) is 14.9. The maximum atomic E-state index is 13.4. The lowest BCUT2D eigenvalue weighted by Crippen LogP contribution is -2.40. The second-order valence-electron chi connectivity index (χ2n) is 4.54. The third kappa shape index (κ3) is 3.21. The zero-order valence-electron chi connectivity index (χ0n) is 10.7. The Morgan fingerprint density at radius 3 is 2.53 bits per heavy atom. The fraction of sp³-hybridized carbons (Fsp3) is 0.385. The molecule has 0 radical (unpaired) electrons. The quantitative estimate of drug-likeness (QED) is 0.760. The summed E-state index contributed by atoms with van der Waals surface area (Å²) in [4.78, 5) is 22.8. The van der Waals surface area contributed by atoms with Gasteiger partial charge in [-0.1, -0.05) is 13.0 Å². The molecule has 0 aliphatic rings. The van der Waals surface area contributed by atoms with Crippen LogP contribution >= 0.6 is 0 Å². The lowest BCUT2D eigenvalue weighted by Gasteiger charge is -2.23. The molecule has 1 atom stereocenters. The van der Waals surface area contributed by atoms with Gasteiger partial charge in [0, 0.05) is 6.54 Å². The van der Waals surface area contributed by atoms with Gasteiger partial charge in [0.2, 0.25) is 0 Å². The number of phenols is 1. The average Bonchev–Trinajstić information content (AvgIpc) is 2.35. The van der Waals surface area contributed by atoms with Crippen LogP contribution in [0.5, 0.6) is 5.75 Å². The van der Waals surface area contributed by atoms with Crippen molar-refractivity contribution in [2.75, 3.05) is 6.54 Å². The highest BCUT2D eigenvalue weighted by Crippen LogP contribution is 2.22. The van der Waals surface area contributed by atoms with E-state index in [4.69, 9.17) is 5.11 Å². The minimum atomic E-state index is -1.13. The Hall–Kier alpha value is -2.11. The van der Waals surface area contributed by atoms with Crippen LogP contribution in [0.3, 0.4) is 0 Å². The van der Waals surface area contributed by atoms with E-state index in [-0.39, 0.29) is 6.54 Å². The predicted molar refractivity (Wildman–Crippen MR) is 66.4 cm³/mol. The first-order chi connectivity index (χ1) is 8.81. The fourth-order valence-electron chi connectivity index (χ4n) is 1.45. The van der Waals surface area contributed by atoms with E-state index in [1.165, 1.54) is 19.1 Å². The van der Waals surface area contributed by atoms with Crippen molar-refractivity contribution >= 4 is 11.9 Å². The van der Waals surface area contributed by atoms with Gasteiger partial charge < -0.3 is 15.5 Å². The number of halogens is 1. The maximum absolute atomic E-state index is 13.4. The minimum Gasteiger partial charge on any atom is -0.507 e. The number of nitrogens with one attached hydrogen (secondary N) is 1. The van der Waals surface area contributed by atoms with Crippen molar-refractivity contribution in [3.05, 3.63) is 29.6 Å². The molecule has 0 saturated heterocycles. The number of carboxylic acid groups (broad SMARTS) is 1. The van der Waals surface area contributed by atoms with Gasteiger partial charge in [0.1, 0.15) is 17.1 Å². The van der Waals surface area contributed by atoms with Crippen LogP contribution in [-0.4, -0.2) is 28.6 Å². The van der Waals surface area contributed by atoms with Crippen LogP contribution in [0.1, 0.15) is 30.6 Å². The van der Waals surface area contributed by atoms with Gasteiger partial charge in [-0.25, -0.2) is 4.39 Å². The van der Waals surface area contributed by atoms with Crippen LogP contribution < -0.4 is 5.32 Å². The third-order valence-corrected chi connectivity index (χ3v) is 3.15. The highest BCUT2D eigenvalue weighted by molar-refractivity contribution is 5.97. The smallest absolute Gasteiger partial charge is 0.311 e. The van der Waals surface area contributed by atoms with E-state index in [9.17, 15) is 19.1 Å². The van der Waals surface area contributed by atoms with Crippen molar-refractivity contribution < 1.29 is 24.2 Å². The van der Waals surface area contributed by atoms with E-state index < -0.39 is 34.4 Å². The van der Waals surface area contributed by atoms with E-state index in [0.29, 0.717) is 6.42 Å². The number of carboxylic acids is 1. The minimum absolute atomic E-state index is 0.147. The van der Waals surface area contributed by atoms with Crippen molar-refractivity contribution in [2.24, 2.45) is 5.41 Å². The second-order valence-corrected chi connectivity index (χ2v) is 4.54. The Morgan fingerprint density at radius 2 is 2.05 bits per heavy atom. The highest BCUT2D eigenvalue weighted by Gasteiger charge is 2.32. The van der Waals surface area contributed by atoms with Crippen LogP contribution in [0.2, 0.25) is 0 Å². The number of aliphatic carboxylic acids is 1. The molecule has 1 amide bonds. The molecule has 6 heteroatoms. The predicted octanol–water partition coefficient (Wildman–Crippen LogP) is 1.76. The summed E-state index contributed by atoms with van der Waals surface area (Å²) in [5.74, 6) is -3.22. The van der Waals surface area contributed by atoms with Crippen LogP contribution in [-0.2, 0) is 4.79 Å². The number of rotatable bonds is 5. The molecule has 0 fully saturated rings. The fourth-order valence-corrected chi connectivity index (χ4v) is 1.45. The summed E-state index contributed by atoms with van der Waals surface area (Å²) >= 11 is 0. The Bertz CT molecular complexity index is 483. The number of phenolic OH excluding ortho intramolecular Hbond substituents is 1. The van der Waals surface area contributed by atoms with Gasteiger partial charge >= 0.3 is 5.97 Å². The third-order valence-electron chi connectivity index (χ3n) is 3.15. The number of hydrogen-bond donors (Lipinski definition) is 3. The van der Waals surface area contributed by atoms with Gasteiger partial charge in [-0.15, -0.1) is 0 Å². The molecule has 0 aromatic heterocycles. The standard InChI is InChI=1S/C13H16FNO4/c1-3-13(2,12(18)19)7-15-11(17)10-8(14)5-4-6-9(10)16/h4-6,16H,3,7H2,1-2H3,(H,15,17)(H,18,19). The zero-order valence-corrected chi connectivity index (χ0v) is 10.7. The molecule has 1 aromatic carbocycles. The molecule has 0 spiro atoms. The second kappa shape index (κ2) is 5.69. The molecule has 0 aliphatic heterocycles. The molecule has 0 saturated carbocycles. The van der Waals surface area contributed by atoms with Crippen molar-refractivity contribution in [3.8, 4) is 5.75 Å². The summed E-state index contributed by atoms with van der Waals surface area (Å²) in [5.41, 5.74) is -1.61. The molecule has 5 nitrogen and oxygen atoms in total. The topological polar surface area (TPSA) is 86.6 Å². The molecule has 104 valence electrons. The zero-order chi connectivity index (χ0) is 14.6.